The van der Waals surface area contributed by atoms with Crippen LogP contribution >= 0.6 is 0 Å². The highest BCUT2D eigenvalue weighted by Crippen LogP contribution is 2.34. The quantitative estimate of drug-likeness (QED) is 0.508. The fourth-order valence-electron chi connectivity index (χ4n) is 3.34. The lowest BCUT2D eigenvalue weighted by atomic mass is 10.2. The molecule has 2 heterocycles. The van der Waals surface area contributed by atoms with Crippen molar-refractivity contribution < 1.29 is 14.5 Å². The van der Waals surface area contributed by atoms with E-state index in [2.05, 4.69) is 10.3 Å². The van der Waals surface area contributed by atoms with Crippen molar-refractivity contribution in [3.05, 3.63) is 93.8 Å². The van der Waals surface area contributed by atoms with Crippen molar-refractivity contribution in [3.63, 3.8) is 0 Å². The van der Waals surface area contributed by atoms with Crippen LogP contribution in [-0.4, -0.2) is 27.8 Å². The van der Waals surface area contributed by atoms with Crippen molar-refractivity contribution in [2.75, 3.05) is 12.4 Å². The average Bonchev–Trinajstić information content (AvgIpc) is 3.00. The maximum Gasteiger partial charge on any atom is 0.271 e. The third-order valence-corrected chi connectivity index (χ3v) is 4.77. The molecular formula is C21H18N4O4. The topological polar surface area (TPSA) is 97.6 Å². The number of nitro groups is 1. The van der Waals surface area contributed by atoms with Gasteiger partial charge in [-0.05, 0) is 35.9 Å². The molecule has 0 saturated carbocycles. The summed E-state index contributed by atoms with van der Waals surface area (Å²) in [5.74, 6) is 0.588. The summed E-state index contributed by atoms with van der Waals surface area (Å²) in [6.45, 7) is 0.353. The minimum absolute atomic E-state index is 0.0257. The summed E-state index contributed by atoms with van der Waals surface area (Å²) < 4.78 is 5.18. The summed E-state index contributed by atoms with van der Waals surface area (Å²) in [6.07, 6.45) is 1.09. The maximum absolute atomic E-state index is 13.0. The number of hydrogen-bond donors (Lipinski definition) is 1. The number of carbonyl (C=O) groups is 1. The molecule has 1 aliphatic heterocycles. The Hall–Kier alpha value is -3.94. The first-order valence-electron chi connectivity index (χ1n) is 8.96. The van der Waals surface area contributed by atoms with E-state index in [0.717, 1.165) is 11.3 Å². The molecule has 0 radical (unpaired) electrons. The van der Waals surface area contributed by atoms with E-state index in [1.54, 1.807) is 42.5 Å². The second kappa shape index (κ2) is 7.59. The number of nitrogens with zero attached hydrogens (tertiary/aromatic N) is 3. The predicted molar refractivity (Wildman–Crippen MR) is 107 cm³/mol. The third kappa shape index (κ3) is 3.60. The summed E-state index contributed by atoms with van der Waals surface area (Å²) in [5, 5.41) is 14.3. The van der Waals surface area contributed by atoms with Gasteiger partial charge >= 0.3 is 0 Å². The number of ether oxygens (including phenoxy) is 1. The van der Waals surface area contributed by atoms with Crippen molar-refractivity contribution in [1.82, 2.24) is 9.88 Å². The highest BCUT2D eigenvalue weighted by atomic mass is 16.6. The Morgan fingerprint density at radius 3 is 2.69 bits per heavy atom. The number of pyridine rings is 1. The molecule has 0 bridgehead atoms. The van der Waals surface area contributed by atoms with Crippen LogP contribution in [0.3, 0.4) is 0 Å². The van der Waals surface area contributed by atoms with Crippen LogP contribution in [0.5, 0.6) is 5.75 Å². The summed E-state index contributed by atoms with van der Waals surface area (Å²) in [7, 11) is 1.60. The SMILES string of the molecule is COc1ccc(CN2C(=O)c3cccnc3C2Nc2cccc([N+](=O)[O-])c2)cc1. The molecule has 2 aromatic carbocycles. The zero-order valence-electron chi connectivity index (χ0n) is 15.6. The van der Waals surface area contributed by atoms with Crippen LogP contribution in [0, 0.1) is 10.1 Å². The minimum Gasteiger partial charge on any atom is -0.497 e. The summed E-state index contributed by atoms with van der Waals surface area (Å²) in [6, 6.07) is 17.1. The van der Waals surface area contributed by atoms with Gasteiger partial charge in [0.1, 0.15) is 11.9 Å². The maximum atomic E-state index is 13.0. The van der Waals surface area contributed by atoms with Gasteiger partial charge in [0.2, 0.25) is 0 Å². The number of rotatable bonds is 6. The van der Waals surface area contributed by atoms with E-state index in [9.17, 15) is 14.9 Å². The zero-order chi connectivity index (χ0) is 20.4. The molecule has 0 spiro atoms. The zero-order valence-corrected chi connectivity index (χ0v) is 15.6. The molecule has 29 heavy (non-hydrogen) atoms. The summed E-state index contributed by atoms with van der Waals surface area (Å²) in [4.78, 5) is 29.7. The van der Waals surface area contributed by atoms with Gasteiger partial charge in [0.25, 0.3) is 11.6 Å². The molecule has 8 nitrogen and oxygen atoms in total. The molecule has 1 unspecified atom stereocenters. The molecule has 3 aromatic rings. The van der Waals surface area contributed by atoms with E-state index in [4.69, 9.17) is 4.74 Å². The lowest BCUT2D eigenvalue weighted by Gasteiger charge is -2.26. The number of amides is 1. The molecular weight excluding hydrogens is 372 g/mol. The molecule has 0 aliphatic carbocycles. The van der Waals surface area contributed by atoms with E-state index >= 15 is 0 Å². The van der Waals surface area contributed by atoms with E-state index in [1.165, 1.54) is 12.1 Å². The minimum atomic E-state index is -0.539. The Morgan fingerprint density at radius 1 is 1.17 bits per heavy atom. The summed E-state index contributed by atoms with van der Waals surface area (Å²) >= 11 is 0. The molecule has 0 saturated heterocycles. The van der Waals surface area contributed by atoms with Gasteiger partial charge in [-0.3, -0.25) is 19.9 Å². The number of benzene rings is 2. The van der Waals surface area contributed by atoms with Crippen molar-refractivity contribution >= 4 is 17.3 Å². The van der Waals surface area contributed by atoms with Crippen LogP contribution in [0.4, 0.5) is 11.4 Å². The highest BCUT2D eigenvalue weighted by molar-refractivity contribution is 5.98. The molecule has 1 amide bonds. The van der Waals surface area contributed by atoms with Gasteiger partial charge in [-0.25, -0.2) is 0 Å². The summed E-state index contributed by atoms with van der Waals surface area (Å²) in [5.41, 5.74) is 2.55. The van der Waals surface area contributed by atoms with E-state index in [0.29, 0.717) is 23.5 Å². The fourth-order valence-corrected chi connectivity index (χ4v) is 3.34. The Kier molecular flexibility index (Phi) is 4.82. The van der Waals surface area contributed by atoms with Crippen molar-refractivity contribution in [1.29, 1.82) is 0 Å². The van der Waals surface area contributed by atoms with Gasteiger partial charge < -0.3 is 15.0 Å². The molecule has 4 rings (SSSR count). The monoisotopic (exact) mass is 390 g/mol. The lowest BCUT2D eigenvalue weighted by Crippen LogP contribution is -2.32. The first kappa shape index (κ1) is 18.4. The van der Waals surface area contributed by atoms with Crippen LogP contribution < -0.4 is 10.1 Å². The third-order valence-electron chi connectivity index (χ3n) is 4.77. The fraction of sp³-hybridized carbons (Fsp3) is 0.143. The smallest absolute Gasteiger partial charge is 0.271 e. The van der Waals surface area contributed by atoms with Crippen molar-refractivity contribution in [3.8, 4) is 5.75 Å². The first-order chi connectivity index (χ1) is 14.1. The van der Waals surface area contributed by atoms with E-state index in [1.807, 2.05) is 24.3 Å². The number of hydrogen-bond acceptors (Lipinski definition) is 6. The Bertz CT molecular complexity index is 1070. The normalized spacial score (nSPS) is 15.1. The predicted octanol–water partition coefficient (Wildman–Crippen LogP) is 3.77. The lowest BCUT2D eigenvalue weighted by molar-refractivity contribution is -0.384. The Morgan fingerprint density at radius 2 is 1.97 bits per heavy atom. The van der Waals surface area contributed by atoms with Crippen LogP contribution in [0.25, 0.3) is 0 Å². The Balaban J connectivity index is 1.66. The van der Waals surface area contributed by atoms with Gasteiger partial charge in [-0.1, -0.05) is 18.2 Å². The number of non-ortho nitro benzene ring substituents is 1. The number of anilines is 1. The van der Waals surface area contributed by atoms with Crippen molar-refractivity contribution in [2.45, 2.75) is 12.7 Å². The van der Waals surface area contributed by atoms with Gasteiger partial charge in [0.05, 0.1) is 23.3 Å². The number of nitro benzene ring substituents is 1. The molecule has 8 heteroatoms. The molecule has 0 fully saturated rings. The number of carbonyl (C=O) groups excluding carboxylic acids is 1. The van der Waals surface area contributed by atoms with Crippen LogP contribution in [0.15, 0.2) is 66.9 Å². The number of methoxy groups -OCH3 is 1. The molecule has 1 aliphatic rings. The van der Waals surface area contributed by atoms with E-state index in [-0.39, 0.29) is 11.6 Å². The van der Waals surface area contributed by atoms with Crippen LogP contribution in [-0.2, 0) is 6.54 Å². The van der Waals surface area contributed by atoms with Gasteiger partial charge in [-0.15, -0.1) is 0 Å². The number of fused-ring (bicyclic) bond motifs is 1. The second-order valence-electron chi connectivity index (χ2n) is 6.57. The standard InChI is InChI=1S/C21H18N4O4/c1-29-17-9-7-14(8-10-17)13-24-20(19-18(21(24)26)6-3-11-22-19)23-15-4-2-5-16(12-15)25(27)28/h2-12,20,23H,13H2,1H3. The number of nitrogens with one attached hydrogen (secondary N) is 1. The molecule has 1 atom stereocenters. The molecule has 1 N–H and O–H groups in total. The van der Waals surface area contributed by atoms with E-state index < -0.39 is 11.1 Å². The van der Waals surface area contributed by atoms with Crippen LogP contribution in [0.1, 0.15) is 27.8 Å². The van der Waals surface area contributed by atoms with Crippen molar-refractivity contribution in [2.24, 2.45) is 0 Å². The highest BCUT2D eigenvalue weighted by Gasteiger charge is 2.38. The van der Waals surface area contributed by atoms with Gasteiger partial charge in [0, 0.05) is 30.6 Å². The number of aromatic nitrogens is 1. The average molecular weight is 390 g/mol. The van der Waals surface area contributed by atoms with Gasteiger partial charge in [0.15, 0.2) is 0 Å². The second-order valence-corrected chi connectivity index (χ2v) is 6.57. The van der Waals surface area contributed by atoms with Crippen LogP contribution in [0.2, 0.25) is 0 Å². The van der Waals surface area contributed by atoms with Gasteiger partial charge in [-0.2, -0.15) is 0 Å². The first-order valence-corrected chi connectivity index (χ1v) is 8.96. The Labute approximate surface area is 166 Å². The largest absolute Gasteiger partial charge is 0.497 e. The molecule has 1 aromatic heterocycles. The molecule has 146 valence electrons.